The van der Waals surface area contributed by atoms with E-state index in [-0.39, 0.29) is 11.8 Å². The van der Waals surface area contributed by atoms with E-state index in [0.717, 1.165) is 41.0 Å². The van der Waals surface area contributed by atoms with Gasteiger partial charge in [-0.25, -0.2) is 4.98 Å². The molecule has 176 valence electrons. The van der Waals surface area contributed by atoms with E-state index in [9.17, 15) is 14.4 Å². The fraction of sp³-hybridized carbons (Fsp3) is 0.520. The number of likely N-dealkylation sites (tertiary alicyclic amines) is 1. The van der Waals surface area contributed by atoms with E-state index in [0.29, 0.717) is 22.7 Å². The first-order valence-electron chi connectivity index (χ1n) is 11.8. The van der Waals surface area contributed by atoms with Gasteiger partial charge in [0.15, 0.2) is 5.13 Å². The average Bonchev–Trinajstić information content (AvgIpc) is 3.27. The average molecular weight is 469 g/mol. The van der Waals surface area contributed by atoms with E-state index in [1.54, 1.807) is 24.3 Å². The number of benzene rings is 1. The number of imide groups is 1. The largest absolute Gasteiger partial charge is 0.300 e. The molecule has 1 saturated heterocycles. The maximum Gasteiger partial charge on any atom is 0.262 e. The molecule has 4 rings (SSSR count). The molecule has 0 saturated carbocycles. The number of carbonyl (C=O) groups is 3. The van der Waals surface area contributed by atoms with Crippen LogP contribution in [0.2, 0.25) is 0 Å². The second-order valence-corrected chi connectivity index (χ2v) is 10.4. The predicted octanol–water partition coefficient (Wildman–Crippen LogP) is 4.33. The van der Waals surface area contributed by atoms with Crippen LogP contribution in [0.15, 0.2) is 24.3 Å². The monoisotopic (exact) mass is 468 g/mol. The summed E-state index contributed by atoms with van der Waals surface area (Å²) in [6.07, 6.45) is 3.07. The number of fused-ring (bicyclic) bond motifs is 1. The van der Waals surface area contributed by atoms with Gasteiger partial charge in [-0.1, -0.05) is 39.3 Å². The Morgan fingerprint density at radius 1 is 1.18 bits per heavy atom. The number of piperidine rings is 1. The number of nitrogens with one attached hydrogen (secondary N) is 1. The van der Waals surface area contributed by atoms with Crippen LogP contribution in [-0.4, -0.2) is 51.6 Å². The van der Waals surface area contributed by atoms with Gasteiger partial charge in [0.2, 0.25) is 5.91 Å². The van der Waals surface area contributed by atoms with E-state index in [2.05, 4.69) is 22.1 Å². The van der Waals surface area contributed by atoms with Gasteiger partial charge in [-0.05, 0) is 56.8 Å². The van der Waals surface area contributed by atoms with E-state index >= 15 is 0 Å². The van der Waals surface area contributed by atoms with Gasteiger partial charge >= 0.3 is 0 Å². The lowest BCUT2D eigenvalue weighted by molar-refractivity contribution is -0.121. The molecule has 3 amide bonds. The highest BCUT2D eigenvalue weighted by Crippen LogP contribution is 2.30. The standard InChI is InChI=1S/C25H32N4O3S/c1-5-16(3)21(29-23(31)18-8-6-7-9-19(18)24(29)32)22(30)27-25-26-17(4)20(33-25)14-28-12-10-15(2)11-13-28/h6-9,15-16,21H,5,10-14H2,1-4H3,(H,26,27,30). The summed E-state index contributed by atoms with van der Waals surface area (Å²) in [5.41, 5.74) is 1.62. The highest BCUT2D eigenvalue weighted by molar-refractivity contribution is 7.15. The van der Waals surface area contributed by atoms with E-state index in [4.69, 9.17) is 0 Å². The van der Waals surface area contributed by atoms with Crippen molar-refractivity contribution in [1.29, 1.82) is 0 Å². The number of thiazole rings is 1. The molecular formula is C25H32N4O3S. The summed E-state index contributed by atoms with van der Waals surface area (Å²) >= 11 is 1.48. The lowest BCUT2D eigenvalue weighted by atomic mass is 9.96. The van der Waals surface area contributed by atoms with Gasteiger partial charge in [0.1, 0.15) is 6.04 Å². The number of aromatic nitrogens is 1. The SMILES string of the molecule is CCC(C)C(C(=O)Nc1nc(C)c(CN2CCC(C)CC2)s1)N1C(=O)c2ccccc2C1=O. The fourth-order valence-electron chi connectivity index (χ4n) is 4.54. The van der Waals surface area contributed by atoms with Gasteiger partial charge in [-0.15, -0.1) is 11.3 Å². The Hall–Kier alpha value is -2.58. The Kier molecular flexibility index (Phi) is 6.95. The van der Waals surface area contributed by atoms with Gasteiger partial charge in [0.25, 0.3) is 11.8 Å². The van der Waals surface area contributed by atoms with Gasteiger partial charge in [0.05, 0.1) is 16.8 Å². The number of rotatable bonds is 7. The molecule has 1 fully saturated rings. The molecule has 2 atom stereocenters. The molecule has 2 aromatic rings. The van der Waals surface area contributed by atoms with Crippen LogP contribution in [0.3, 0.4) is 0 Å². The number of anilines is 1. The molecule has 33 heavy (non-hydrogen) atoms. The zero-order chi connectivity index (χ0) is 23.7. The van der Waals surface area contributed by atoms with Crippen LogP contribution in [-0.2, 0) is 11.3 Å². The zero-order valence-corrected chi connectivity index (χ0v) is 20.6. The summed E-state index contributed by atoms with van der Waals surface area (Å²) in [4.78, 5) is 48.7. The zero-order valence-electron chi connectivity index (χ0n) is 19.8. The third-order valence-corrected chi connectivity index (χ3v) is 7.98. The Balaban J connectivity index is 1.51. The van der Waals surface area contributed by atoms with Crippen molar-refractivity contribution >= 4 is 34.2 Å². The Morgan fingerprint density at radius 3 is 2.36 bits per heavy atom. The summed E-state index contributed by atoms with van der Waals surface area (Å²) < 4.78 is 0. The van der Waals surface area contributed by atoms with E-state index in [1.807, 2.05) is 20.8 Å². The number of amides is 3. The number of hydrogen-bond donors (Lipinski definition) is 1. The predicted molar refractivity (Wildman–Crippen MR) is 129 cm³/mol. The van der Waals surface area contributed by atoms with Crippen molar-refractivity contribution < 1.29 is 14.4 Å². The van der Waals surface area contributed by atoms with Crippen molar-refractivity contribution in [1.82, 2.24) is 14.8 Å². The minimum Gasteiger partial charge on any atom is -0.300 e. The van der Waals surface area contributed by atoms with Crippen LogP contribution < -0.4 is 5.32 Å². The van der Waals surface area contributed by atoms with Gasteiger partial charge in [-0.2, -0.15) is 0 Å². The van der Waals surface area contributed by atoms with E-state index < -0.39 is 17.9 Å². The maximum atomic E-state index is 13.4. The molecule has 1 N–H and O–H groups in total. The Bertz CT molecular complexity index is 1020. The minimum atomic E-state index is -0.890. The molecule has 1 aromatic carbocycles. The molecular weight excluding hydrogens is 436 g/mol. The lowest BCUT2D eigenvalue weighted by Crippen LogP contribution is -2.50. The Morgan fingerprint density at radius 2 is 1.79 bits per heavy atom. The van der Waals surface area contributed by atoms with Crippen LogP contribution in [0, 0.1) is 18.8 Å². The van der Waals surface area contributed by atoms with Gasteiger partial charge < -0.3 is 5.32 Å². The minimum absolute atomic E-state index is 0.192. The summed E-state index contributed by atoms with van der Waals surface area (Å²) in [6, 6.07) is 5.85. The smallest absolute Gasteiger partial charge is 0.262 e. The van der Waals surface area contributed by atoms with Crippen LogP contribution in [0.4, 0.5) is 5.13 Å². The van der Waals surface area contributed by atoms with Crippen LogP contribution in [0.5, 0.6) is 0 Å². The third kappa shape index (κ3) is 4.73. The molecule has 0 spiro atoms. The summed E-state index contributed by atoms with van der Waals surface area (Å²) in [7, 11) is 0. The van der Waals surface area contributed by atoms with Crippen molar-refractivity contribution in [2.45, 2.75) is 59.5 Å². The van der Waals surface area contributed by atoms with Crippen molar-refractivity contribution in [3.05, 3.63) is 46.0 Å². The van der Waals surface area contributed by atoms with Crippen molar-refractivity contribution in [3.63, 3.8) is 0 Å². The molecule has 0 aliphatic carbocycles. The van der Waals surface area contributed by atoms with Crippen LogP contribution in [0.1, 0.15) is 71.3 Å². The second-order valence-electron chi connectivity index (χ2n) is 9.33. The van der Waals surface area contributed by atoms with Crippen molar-refractivity contribution in [2.75, 3.05) is 18.4 Å². The van der Waals surface area contributed by atoms with Crippen LogP contribution >= 0.6 is 11.3 Å². The number of nitrogens with zero attached hydrogens (tertiary/aromatic N) is 3. The van der Waals surface area contributed by atoms with Crippen molar-refractivity contribution in [2.24, 2.45) is 11.8 Å². The first-order valence-corrected chi connectivity index (χ1v) is 12.6. The Labute approximate surface area is 199 Å². The van der Waals surface area contributed by atoms with Gasteiger partial charge in [-0.3, -0.25) is 24.2 Å². The second kappa shape index (κ2) is 9.73. The topological polar surface area (TPSA) is 82.6 Å². The summed E-state index contributed by atoms with van der Waals surface area (Å²) in [6.45, 7) is 11.1. The molecule has 2 aliphatic rings. The first-order chi connectivity index (χ1) is 15.8. The summed E-state index contributed by atoms with van der Waals surface area (Å²) in [5, 5.41) is 3.43. The first kappa shape index (κ1) is 23.6. The molecule has 1 aromatic heterocycles. The van der Waals surface area contributed by atoms with Crippen LogP contribution in [0.25, 0.3) is 0 Å². The molecule has 2 unspecified atom stereocenters. The lowest BCUT2D eigenvalue weighted by Gasteiger charge is -2.29. The molecule has 0 radical (unpaired) electrons. The number of aryl methyl sites for hydroxylation is 1. The summed E-state index contributed by atoms with van der Waals surface area (Å²) in [5.74, 6) is -0.606. The van der Waals surface area contributed by atoms with Gasteiger partial charge in [0, 0.05) is 11.4 Å². The van der Waals surface area contributed by atoms with Crippen molar-refractivity contribution in [3.8, 4) is 0 Å². The molecule has 8 heteroatoms. The molecule has 2 aliphatic heterocycles. The van der Waals surface area contributed by atoms with E-state index in [1.165, 1.54) is 24.2 Å². The fourth-order valence-corrected chi connectivity index (χ4v) is 5.55. The molecule has 3 heterocycles. The third-order valence-electron chi connectivity index (χ3n) is 6.92. The quantitative estimate of drug-likeness (QED) is 0.612. The highest BCUT2D eigenvalue weighted by atomic mass is 32.1. The maximum absolute atomic E-state index is 13.4. The molecule has 0 bridgehead atoms. The normalized spacial score (nSPS) is 19.0. The number of hydrogen-bond acceptors (Lipinski definition) is 6. The highest BCUT2D eigenvalue weighted by Gasteiger charge is 2.44. The molecule has 7 nitrogen and oxygen atoms in total. The number of carbonyl (C=O) groups excluding carboxylic acids is 3.